The van der Waals surface area contributed by atoms with E-state index in [0.717, 1.165) is 16.8 Å². The number of ketones is 1. The van der Waals surface area contributed by atoms with Crippen molar-refractivity contribution in [1.29, 1.82) is 0 Å². The van der Waals surface area contributed by atoms with Gasteiger partial charge in [-0.1, -0.05) is 12.8 Å². The molecule has 21 heavy (non-hydrogen) atoms. The SMILES string of the molecule is CC1(C)C(=O)Nc2ccc(C(=O)C3C4CCCCC43)cc21. The molecule has 4 rings (SSSR count). The van der Waals surface area contributed by atoms with Crippen molar-refractivity contribution in [1.82, 2.24) is 0 Å². The molecule has 2 unspecified atom stereocenters. The van der Waals surface area contributed by atoms with Crippen molar-refractivity contribution in [3.8, 4) is 0 Å². The predicted molar refractivity (Wildman–Crippen MR) is 81.4 cm³/mol. The van der Waals surface area contributed by atoms with Gasteiger partial charge in [0.15, 0.2) is 5.78 Å². The van der Waals surface area contributed by atoms with Crippen LogP contribution in [-0.4, -0.2) is 11.7 Å². The Morgan fingerprint density at radius 1 is 1.19 bits per heavy atom. The summed E-state index contributed by atoms with van der Waals surface area (Å²) in [5.41, 5.74) is 2.07. The lowest BCUT2D eigenvalue weighted by molar-refractivity contribution is -0.119. The van der Waals surface area contributed by atoms with Crippen LogP contribution >= 0.6 is 0 Å². The van der Waals surface area contributed by atoms with E-state index in [4.69, 9.17) is 0 Å². The number of amides is 1. The number of benzene rings is 1. The zero-order valence-electron chi connectivity index (χ0n) is 12.6. The molecule has 2 aliphatic carbocycles. The first kappa shape index (κ1) is 13.1. The van der Waals surface area contributed by atoms with Crippen molar-refractivity contribution < 1.29 is 9.59 Å². The molecule has 0 saturated heterocycles. The number of carbonyl (C=O) groups excluding carboxylic acids is 2. The molecule has 1 N–H and O–H groups in total. The molecule has 3 nitrogen and oxygen atoms in total. The van der Waals surface area contributed by atoms with Crippen LogP contribution in [0.5, 0.6) is 0 Å². The lowest BCUT2D eigenvalue weighted by Gasteiger charge is -2.15. The van der Waals surface area contributed by atoms with Gasteiger partial charge in [0.2, 0.25) is 5.91 Å². The molecule has 1 aromatic carbocycles. The van der Waals surface area contributed by atoms with Crippen molar-refractivity contribution in [2.24, 2.45) is 17.8 Å². The standard InChI is InChI=1S/C18H21NO2/c1-18(2)13-9-10(7-8-14(13)19-17(18)21)16(20)15-11-5-3-4-6-12(11)15/h7-9,11-12,15H,3-6H2,1-2H3,(H,19,21). The van der Waals surface area contributed by atoms with Crippen molar-refractivity contribution in [3.63, 3.8) is 0 Å². The van der Waals surface area contributed by atoms with Crippen LogP contribution in [0.25, 0.3) is 0 Å². The van der Waals surface area contributed by atoms with Crippen LogP contribution in [0.3, 0.4) is 0 Å². The van der Waals surface area contributed by atoms with E-state index in [1.807, 2.05) is 32.0 Å². The summed E-state index contributed by atoms with van der Waals surface area (Å²) in [5.74, 6) is 1.82. The highest BCUT2D eigenvalue weighted by Gasteiger charge is 2.54. The molecule has 1 aliphatic heterocycles. The molecule has 110 valence electrons. The summed E-state index contributed by atoms with van der Waals surface area (Å²) in [4.78, 5) is 24.7. The Morgan fingerprint density at radius 3 is 2.52 bits per heavy atom. The zero-order chi connectivity index (χ0) is 14.8. The Morgan fingerprint density at radius 2 is 1.86 bits per heavy atom. The van der Waals surface area contributed by atoms with Crippen LogP contribution in [0.2, 0.25) is 0 Å². The summed E-state index contributed by atoms with van der Waals surface area (Å²) in [6.07, 6.45) is 5.00. The molecule has 0 radical (unpaired) electrons. The maximum absolute atomic E-state index is 12.8. The van der Waals surface area contributed by atoms with Gasteiger partial charge >= 0.3 is 0 Å². The number of anilines is 1. The quantitative estimate of drug-likeness (QED) is 0.844. The second kappa shape index (κ2) is 4.19. The van der Waals surface area contributed by atoms with E-state index in [0.29, 0.717) is 17.6 Å². The minimum absolute atomic E-state index is 0.0159. The fraction of sp³-hybridized carbons (Fsp3) is 0.556. The van der Waals surface area contributed by atoms with Crippen molar-refractivity contribution >= 4 is 17.4 Å². The summed E-state index contributed by atoms with van der Waals surface area (Å²) < 4.78 is 0. The van der Waals surface area contributed by atoms with Gasteiger partial charge in [0.05, 0.1) is 5.41 Å². The molecule has 2 fully saturated rings. The number of hydrogen-bond donors (Lipinski definition) is 1. The minimum atomic E-state index is -0.540. The lowest BCUT2D eigenvalue weighted by atomic mass is 9.84. The van der Waals surface area contributed by atoms with Gasteiger partial charge < -0.3 is 5.32 Å². The molecule has 1 aromatic rings. The summed E-state index contributed by atoms with van der Waals surface area (Å²) in [6, 6.07) is 5.72. The number of nitrogens with one attached hydrogen (secondary N) is 1. The van der Waals surface area contributed by atoms with Crippen LogP contribution in [-0.2, 0) is 10.2 Å². The average Bonchev–Trinajstić information content (AvgIpc) is 3.15. The van der Waals surface area contributed by atoms with Gasteiger partial charge in [-0.05, 0) is 62.3 Å². The number of Topliss-reactive ketones (excluding diaryl/α,β-unsaturated/α-hetero) is 1. The topological polar surface area (TPSA) is 46.2 Å². The normalized spacial score (nSPS) is 32.1. The van der Waals surface area contributed by atoms with Crippen LogP contribution in [0, 0.1) is 17.8 Å². The van der Waals surface area contributed by atoms with Crippen LogP contribution < -0.4 is 5.32 Å². The van der Waals surface area contributed by atoms with Gasteiger partial charge in [-0.15, -0.1) is 0 Å². The maximum Gasteiger partial charge on any atom is 0.234 e. The molecule has 2 atom stereocenters. The second-order valence-corrected chi connectivity index (χ2v) is 7.34. The van der Waals surface area contributed by atoms with Gasteiger partial charge in [-0.2, -0.15) is 0 Å². The van der Waals surface area contributed by atoms with Gasteiger partial charge in [-0.25, -0.2) is 0 Å². The molecule has 1 heterocycles. The smallest absolute Gasteiger partial charge is 0.234 e. The Labute approximate surface area is 125 Å². The number of carbonyl (C=O) groups is 2. The van der Waals surface area contributed by atoms with Gasteiger partial charge in [0, 0.05) is 17.2 Å². The van der Waals surface area contributed by atoms with Crippen LogP contribution in [0.15, 0.2) is 18.2 Å². The Kier molecular flexibility index (Phi) is 2.60. The van der Waals surface area contributed by atoms with Gasteiger partial charge in [0.25, 0.3) is 0 Å². The zero-order valence-corrected chi connectivity index (χ0v) is 12.6. The van der Waals surface area contributed by atoms with E-state index in [1.54, 1.807) is 0 Å². The van der Waals surface area contributed by atoms with Gasteiger partial charge in [-0.3, -0.25) is 9.59 Å². The monoisotopic (exact) mass is 283 g/mol. The Hall–Kier alpha value is -1.64. The lowest BCUT2D eigenvalue weighted by Crippen LogP contribution is -2.27. The fourth-order valence-electron chi connectivity index (χ4n) is 4.30. The molecule has 0 aromatic heterocycles. The maximum atomic E-state index is 12.8. The van der Waals surface area contributed by atoms with E-state index in [2.05, 4.69) is 5.32 Å². The molecular weight excluding hydrogens is 262 g/mol. The number of fused-ring (bicyclic) bond motifs is 2. The molecule has 3 heteroatoms. The molecule has 0 bridgehead atoms. The summed E-state index contributed by atoms with van der Waals surface area (Å²) in [5, 5.41) is 2.90. The molecule has 3 aliphatic rings. The highest BCUT2D eigenvalue weighted by Crippen LogP contribution is 2.56. The van der Waals surface area contributed by atoms with Crippen molar-refractivity contribution in [3.05, 3.63) is 29.3 Å². The van der Waals surface area contributed by atoms with E-state index in [1.165, 1.54) is 25.7 Å². The predicted octanol–water partition coefficient (Wildman–Crippen LogP) is 3.54. The first-order valence-electron chi connectivity index (χ1n) is 8.00. The van der Waals surface area contributed by atoms with Crippen molar-refractivity contribution in [2.75, 3.05) is 5.32 Å². The average molecular weight is 283 g/mol. The second-order valence-electron chi connectivity index (χ2n) is 7.34. The van der Waals surface area contributed by atoms with E-state index < -0.39 is 5.41 Å². The first-order chi connectivity index (χ1) is 10.00. The van der Waals surface area contributed by atoms with E-state index in [-0.39, 0.29) is 11.8 Å². The Balaban J connectivity index is 1.64. The molecule has 1 amide bonds. The molecular formula is C18H21NO2. The van der Waals surface area contributed by atoms with Crippen LogP contribution in [0.1, 0.15) is 55.5 Å². The largest absolute Gasteiger partial charge is 0.325 e. The first-order valence-corrected chi connectivity index (χ1v) is 8.00. The molecule has 0 spiro atoms. The number of rotatable bonds is 2. The third-order valence-corrected chi connectivity index (χ3v) is 5.75. The summed E-state index contributed by atoms with van der Waals surface area (Å²) in [7, 11) is 0. The van der Waals surface area contributed by atoms with E-state index >= 15 is 0 Å². The van der Waals surface area contributed by atoms with Gasteiger partial charge in [0.1, 0.15) is 0 Å². The Bertz CT molecular complexity index is 635. The fourth-order valence-corrected chi connectivity index (χ4v) is 4.30. The van der Waals surface area contributed by atoms with Crippen LogP contribution in [0.4, 0.5) is 5.69 Å². The summed E-state index contributed by atoms with van der Waals surface area (Å²) >= 11 is 0. The highest BCUT2D eigenvalue weighted by molar-refractivity contribution is 6.07. The third-order valence-electron chi connectivity index (χ3n) is 5.75. The molecule has 2 saturated carbocycles. The van der Waals surface area contributed by atoms with Crippen molar-refractivity contribution in [2.45, 2.75) is 44.9 Å². The number of hydrogen-bond acceptors (Lipinski definition) is 2. The third kappa shape index (κ3) is 1.79. The highest BCUT2D eigenvalue weighted by atomic mass is 16.2. The minimum Gasteiger partial charge on any atom is -0.325 e. The summed E-state index contributed by atoms with van der Waals surface area (Å²) in [6.45, 7) is 3.83. The van der Waals surface area contributed by atoms with E-state index in [9.17, 15) is 9.59 Å².